The summed E-state index contributed by atoms with van der Waals surface area (Å²) in [5.41, 5.74) is 0. The van der Waals surface area contributed by atoms with Crippen molar-refractivity contribution in [1.82, 2.24) is 9.80 Å². The summed E-state index contributed by atoms with van der Waals surface area (Å²) in [6, 6.07) is 3.66. The van der Waals surface area contributed by atoms with Crippen molar-refractivity contribution in [3.05, 3.63) is 21.9 Å². The molecule has 3 rings (SSSR count). The topological polar surface area (TPSA) is 43.8 Å². The lowest BCUT2D eigenvalue weighted by Crippen LogP contribution is -2.46. The van der Waals surface area contributed by atoms with Gasteiger partial charge in [0, 0.05) is 44.1 Å². The highest BCUT2D eigenvalue weighted by molar-refractivity contribution is 7.13. The van der Waals surface area contributed by atoms with Gasteiger partial charge in [-0.15, -0.1) is 11.3 Å². The van der Waals surface area contributed by atoms with Gasteiger partial charge in [-0.05, 0) is 30.9 Å². The Hall–Kier alpha value is -0.910. The largest absolute Gasteiger partial charge is 0.477 e. The van der Waals surface area contributed by atoms with Crippen LogP contribution in [0.25, 0.3) is 0 Å². The molecule has 1 aromatic heterocycles. The van der Waals surface area contributed by atoms with Crippen molar-refractivity contribution >= 4 is 17.3 Å². The highest BCUT2D eigenvalue weighted by Gasteiger charge is 2.26. The van der Waals surface area contributed by atoms with Crippen molar-refractivity contribution in [1.29, 1.82) is 0 Å². The zero-order chi connectivity index (χ0) is 13.2. The number of piperazine rings is 1. The fourth-order valence-corrected chi connectivity index (χ4v) is 3.48. The average molecular weight is 280 g/mol. The minimum absolute atomic E-state index is 0.447. The molecule has 2 aliphatic rings. The Bertz CT molecular complexity index is 448. The Morgan fingerprint density at radius 2 is 1.89 bits per heavy atom. The number of hydrogen-bond donors (Lipinski definition) is 1. The molecule has 2 fully saturated rings. The normalized spacial score (nSPS) is 21.7. The molecule has 5 heteroatoms. The van der Waals surface area contributed by atoms with Gasteiger partial charge in [-0.2, -0.15) is 0 Å². The Morgan fingerprint density at radius 3 is 2.47 bits per heavy atom. The summed E-state index contributed by atoms with van der Waals surface area (Å²) in [4.78, 5) is 17.5. The van der Waals surface area contributed by atoms with Gasteiger partial charge in [0.05, 0.1) is 0 Å². The molecule has 0 bridgehead atoms. The number of hydrogen-bond acceptors (Lipinski definition) is 4. The zero-order valence-corrected chi connectivity index (χ0v) is 11.9. The van der Waals surface area contributed by atoms with Gasteiger partial charge < -0.3 is 10.0 Å². The van der Waals surface area contributed by atoms with E-state index in [1.807, 2.05) is 6.07 Å². The second kappa shape index (κ2) is 5.61. The first-order valence-electron chi connectivity index (χ1n) is 6.97. The molecule has 0 unspecified atom stereocenters. The van der Waals surface area contributed by atoms with Crippen molar-refractivity contribution < 1.29 is 9.90 Å². The van der Waals surface area contributed by atoms with Gasteiger partial charge in [-0.25, -0.2) is 4.79 Å². The first-order chi connectivity index (χ1) is 9.20. The summed E-state index contributed by atoms with van der Waals surface area (Å²) in [7, 11) is 0. The van der Waals surface area contributed by atoms with Crippen LogP contribution in [0, 0.1) is 5.92 Å². The third-order valence-corrected chi connectivity index (χ3v) is 4.99. The van der Waals surface area contributed by atoms with Crippen molar-refractivity contribution in [3.63, 3.8) is 0 Å². The molecule has 0 radical (unpaired) electrons. The quantitative estimate of drug-likeness (QED) is 0.895. The van der Waals surface area contributed by atoms with Crippen molar-refractivity contribution in [2.45, 2.75) is 19.4 Å². The maximum absolute atomic E-state index is 10.8. The lowest BCUT2D eigenvalue weighted by Gasteiger charge is -2.34. The fraction of sp³-hybridized carbons (Fsp3) is 0.643. The van der Waals surface area contributed by atoms with Gasteiger partial charge in [-0.1, -0.05) is 0 Å². The predicted octanol–water partition coefficient (Wildman–Crippen LogP) is 1.97. The summed E-state index contributed by atoms with van der Waals surface area (Å²) in [5.74, 6) is 0.160. The number of carboxylic acid groups (broad SMARTS) is 1. The molecule has 1 N–H and O–H groups in total. The van der Waals surface area contributed by atoms with Crippen molar-refractivity contribution in [2.75, 3.05) is 32.7 Å². The summed E-state index contributed by atoms with van der Waals surface area (Å²) in [5, 5.41) is 8.92. The van der Waals surface area contributed by atoms with Gasteiger partial charge in [0.2, 0.25) is 0 Å². The van der Waals surface area contributed by atoms with E-state index >= 15 is 0 Å². The predicted molar refractivity (Wildman–Crippen MR) is 75.7 cm³/mol. The average Bonchev–Trinajstić information content (AvgIpc) is 3.08. The Kier molecular flexibility index (Phi) is 3.86. The van der Waals surface area contributed by atoms with Crippen LogP contribution in [-0.4, -0.2) is 53.6 Å². The van der Waals surface area contributed by atoms with Gasteiger partial charge in [-0.3, -0.25) is 4.90 Å². The van der Waals surface area contributed by atoms with Gasteiger partial charge >= 0.3 is 5.97 Å². The SMILES string of the molecule is O=C(O)c1ccc(CN2CCN(CC3CC3)CC2)s1. The highest BCUT2D eigenvalue weighted by atomic mass is 32.1. The van der Waals surface area contributed by atoms with E-state index in [1.165, 1.54) is 30.7 Å². The molecule has 0 amide bonds. The van der Waals surface area contributed by atoms with Crippen LogP contribution in [0.2, 0.25) is 0 Å². The molecular weight excluding hydrogens is 260 g/mol. The molecule has 19 heavy (non-hydrogen) atoms. The molecule has 2 heterocycles. The monoisotopic (exact) mass is 280 g/mol. The number of carboxylic acids is 1. The second-order valence-corrected chi connectivity index (χ2v) is 6.76. The summed E-state index contributed by atoms with van der Waals surface area (Å²) in [6.07, 6.45) is 2.85. The fourth-order valence-electron chi connectivity index (χ4n) is 2.59. The molecule has 1 saturated carbocycles. The first-order valence-corrected chi connectivity index (χ1v) is 7.79. The number of aromatic carboxylic acids is 1. The maximum Gasteiger partial charge on any atom is 0.345 e. The highest BCUT2D eigenvalue weighted by Crippen LogP contribution is 2.30. The van der Waals surface area contributed by atoms with E-state index < -0.39 is 5.97 Å². The Labute approximate surface area is 117 Å². The number of thiophene rings is 1. The van der Waals surface area contributed by atoms with Crippen LogP contribution in [0.3, 0.4) is 0 Å². The molecule has 0 spiro atoms. The molecular formula is C14H20N2O2S. The second-order valence-electron chi connectivity index (χ2n) is 5.59. The van der Waals surface area contributed by atoms with Crippen LogP contribution in [0.4, 0.5) is 0 Å². The molecule has 1 aliphatic heterocycles. The molecule has 1 aliphatic carbocycles. The molecule has 4 nitrogen and oxygen atoms in total. The standard InChI is InChI=1S/C14H20N2O2S/c17-14(18)13-4-3-12(19-13)10-16-7-5-15(6-8-16)9-11-1-2-11/h3-4,11H,1-2,5-10H2,(H,17,18). The first kappa shape index (κ1) is 13.1. The van der Waals surface area contributed by atoms with E-state index in [4.69, 9.17) is 5.11 Å². The van der Waals surface area contributed by atoms with Crippen LogP contribution >= 0.6 is 11.3 Å². The van der Waals surface area contributed by atoms with E-state index in [9.17, 15) is 4.79 Å². The molecule has 104 valence electrons. The number of nitrogens with zero attached hydrogens (tertiary/aromatic N) is 2. The van der Waals surface area contributed by atoms with Crippen LogP contribution in [0.15, 0.2) is 12.1 Å². The van der Waals surface area contributed by atoms with Crippen LogP contribution in [-0.2, 0) is 6.54 Å². The summed E-state index contributed by atoms with van der Waals surface area (Å²) < 4.78 is 0. The van der Waals surface area contributed by atoms with E-state index in [0.717, 1.165) is 43.5 Å². The van der Waals surface area contributed by atoms with Crippen LogP contribution in [0.1, 0.15) is 27.4 Å². The van der Waals surface area contributed by atoms with Crippen molar-refractivity contribution in [2.24, 2.45) is 5.92 Å². The molecule has 0 atom stereocenters. The maximum atomic E-state index is 10.8. The van der Waals surface area contributed by atoms with Crippen molar-refractivity contribution in [3.8, 4) is 0 Å². The third-order valence-electron chi connectivity index (χ3n) is 3.93. The van der Waals surface area contributed by atoms with E-state index in [2.05, 4.69) is 9.80 Å². The minimum atomic E-state index is -0.814. The van der Waals surface area contributed by atoms with Gasteiger partial charge in [0.25, 0.3) is 0 Å². The number of carbonyl (C=O) groups is 1. The summed E-state index contributed by atoms with van der Waals surface area (Å²) >= 11 is 1.40. The lowest BCUT2D eigenvalue weighted by molar-refractivity contribution is 0.0702. The third kappa shape index (κ3) is 3.55. The van der Waals surface area contributed by atoms with E-state index in [1.54, 1.807) is 6.07 Å². The summed E-state index contributed by atoms with van der Waals surface area (Å²) in [6.45, 7) is 6.71. The van der Waals surface area contributed by atoms with E-state index in [0.29, 0.717) is 4.88 Å². The minimum Gasteiger partial charge on any atom is -0.477 e. The van der Waals surface area contributed by atoms with E-state index in [-0.39, 0.29) is 0 Å². The van der Waals surface area contributed by atoms with Gasteiger partial charge in [0.1, 0.15) is 4.88 Å². The molecule has 0 aromatic carbocycles. The van der Waals surface area contributed by atoms with Crippen LogP contribution in [0.5, 0.6) is 0 Å². The van der Waals surface area contributed by atoms with Crippen LogP contribution < -0.4 is 0 Å². The zero-order valence-electron chi connectivity index (χ0n) is 11.0. The Balaban J connectivity index is 1.46. The lowest BCUT2D eigenvalue weighted by atomic mass is 10.2. The smallest absolute Gasteiger partial charge is 0.345 e. The molecule has 1 saturated heterocycles. The van der Waals surface area contributed by atoms with Gasteiger partial charge in [0.15, 0.2) is 0 Å². The Morgan fingerprint density at radius 1 is 1.21 bits per heavy atom. The molecule has 1 aromatic rings. The number of rotatable bonds is 5.